The Balaban J connectivity index is 2.46. The Morgan fingerprint density at radius 1 is 1.04 bits per heavy atom. The molecule has 0 aromatic heterocycles. The van der Waals surface area contributed by atoms with Gasteiger partial charge >= 0.3 is 18.1 Å². The molecule has 27 heavy (non-hydrogen) atoms. The van der Waals surface area contributed by atoms with E-state index in [1.807, 2.05) is 0 Å². The molecule has 0 amide bonds. The van der Waals surface area contributed by atoms with E-state index in [0.29, 0.717) is 6.07 Å². The molecule has 0 aliphatic carbocycles. The molecule has 144 valence electrons. The molecule has 0 saturated heterocycles. The molecule has 10 heteroatoms. The maximum atomic E-state index is 13.0. The Hall–Kier alpha value is -2.94. The fourth-order valence-corrected chi connectivity index (χ4v) is 2.36. The zero-order valence-corrected chi connectivity index (χ0v) is 14.3. The Morgan fingerprint density at radius 2 is 1.63 bits per heavy atom. The molecule has 1 atom stereocenters. The second-order valence-corrected chi connectivity index (χ2v) is 5.63. The molecule has 0 spiro atoms. The number of alkyl halides is 3. The summed E-state index contributed by atoms with van der Waals surface area (Å²) in [6, 6.07) is 7.17. The van der Waals surface area contributed by atoms with E-state index in [2.05, 4.69) is 0 Å². The summed E-state index contributed by atoms with van der Waals surface area (Å²) < 4.78 is 49.6. The van der Waals surface area contributed by atoms with Crippen LogP contribution in [-0.2, 0) is 11.0 Å². The van der Waals surface area contributed by atoms with Crippen LogP contribution in [0.1, 0.15) is 22.8 Å². The molecular formula is C17H12ClF3O6. The van der Waals surface area contributed by atoms with Crippen LogP contribution >= 0.6 is 11.6 Å². The van der Waals surface area contributed by atoms with Gasteiger partial charge in [0.15, 0.2) is 17.6 Å². The van der Waals surface area contributed by atoms with Crippen molar-refractivity contribution in [2.75, 3.05) is 0 Å². The number of carbonyl (C=O) groups is 2. The summed E-state index contributed by atoms with van der Waals surface area (Å²) in [5, 5.41) is 17.3. The molecule has 0 fully saturated rings. The van der Waals surface area contributed by atoms with Crippen LogP contribution in [0.3, 0.4) is 0 Å². The SMILES string of the molecule is CC(Oc1ccccc1Oc1ccc(C(F)(F)F)c(C(=O)O)c1Cl)C(=O)O. The molecular weight excluding hydrogens is 393 g/mol. The van der Waals surface area contributed by atoms with Crippen LogP contribution in [0.4, 0.5) is 13.2 Å². The largest absolute Gasteiger partial charge is 0.479 e. The van der Waals surface area contributed by atoms with Gasteiger partial charge < -0.3 is 19.7 Å². The first-order valence-electron chi connectivity index (χ1n) is 7.31. The first-order chi connectivity index (χ1) is 12.5. The summed E-state index contributed by atoms with van der Waals surface area (Å²) in [6.45, 7) is 1.27. The zero-order valence-electron chi connectivity index (χ0n) is 13.6. The fourth-order valence-electron chi connectivity index (χ4n) is 2.07. The van der Waals surface area contributed by atoms with Gasteiger partial charge in [0.1, 0.15) is 5.75 Å². The molecule has 0 aliphatic rings. The quantitative estimate of drug-likeness (QED) is 0.724. The summed E-state index contributed by atoms with van der Waals surface area (Å²) >= 11 is 5.83. The van der Waals surface area contributed by atoms with Gasteiger partial charge in [-0.2, -0.15) is 13.2 Å². The summed E-state index contributed by atoms with van der Waals surface area (Å²) in [5.74, 6) is -3.54. The minimum atomic E-state index is -4.92. The molecule has 0 heterocycles. The fraction of sp³-hybridized carbons (Fsp3) is 0.176. The highest BCUT2D eigenvalue weighted by Gasteiger charge is 2.37. The van der Waals surface area contributed by atoms with E-state index in [9.17, 15) is 22.8 Å². The number of rotatable bonds is 6. The number of hydrogen-bond donors (Lipinski definition) is 2. The van der Waals surface area contributed by atoms with E-state index < -0.39 is 40.4 Å². The minimum Gasteiger partial charge on any atom is -0.479 e. The van der Waals surface area contributed by atoms with Crippen LogP contribution in [0.15, 0.2) is 36.4 Å². The summed E-state index contributed by atoms with van der Waals surface area (Å²) in [7, 11) is 0. The molecule has 2 N–H and O–H groups in total. The number of ether oxygens (including phenoxy) is 2. The zero-order chi connectivity index (χ0) is 20.4. The smallest absolute Gasteiger partial charge is 0.417 e. The molecule has 0 radical (unpaired) electrons. The van der Waals surface area contributed by atoms with Crippen LogP contribution in [0.25, 0.3) is 0 Å². The third-order valence-electron chi connectivity index (χ3n) is 3.35. The first-order valence-corrected chi connectivity index (χ1v) is 7.69. The van der Waals surface area contributed by atoms with Crippen molar-refractivity contribution in [1.82, 2.24) is 0 Å². The lowest BCUT2D eigenvalue weighted by molar-refractivity contribution is -0.144. The Morgan fingerprint density at radius 3 is 2.15 bits per heavy atom. The van der Waals surface area contributed by atoms with Crippen LogP contribution in [-0.4, -0.2) is 28.3 Å². The van der Waals surface area contributed by atoms with Gasteiger partial charge in [-0.3, -0.25) is 0 Å². The second-order valence-electron chi connectivity index (χ2n) is 5.25. The van der Waals surface area contributed by atoms with Crippen molar-refractivity contribution in [2.24, 2.45) is 0 Å². The predicted octanol–water partition coefficient (Wildman–Crippen LogP) is 4.70. The van der Waals surface area contributed by atoms with Gasteiger partial charge in [-0.1, -0.05) is 23.7 Å². The maximum Gasteiger partial charge on any atom is 0.417 e. The Bertz CT molecular complexity index is 881. The summed E-state index contributed by atoms with van der Waals surface area (Å²) in [5.41, 5.74) is -2.57. The Kier molecular flexibility index (Phi) is 5.85. The highest BCUT2D eigenvalue weighted by molar-refractivity contribution is 6.35. The lowest BCUT2D eigenvalue weighted by atomic mass is 10.1. The normalized spacial score (nSPS) is 12.3. The number of carboxylic acid groups (broad SMARTS) is 2. The molecule has 0 aliphatic heterocycles. The van der Waals surface area contributed by atoms with Gasteiger partial charge in [-0.05, 0) is 31.2 Å². The molecule has 2 aromatic rings. The average Bonchev–Trinajstić information content (AvgIpc) is 2.56. The molecule has 0 bridgehead atoms. The van der Waals surface area contributed by atoms with Crippen LogP contribution in [0, 0.1) is 0 Å². The van der Waals surface area contributed by atoms with E-state index in [0.717, 1.165) is 6.07 Å². The number of aromatic carboxylic acids is 1. The van der Waals surface area contributed by atoms with Gasteiger partial charge in [0, 0.05) is 0 Å². The minimum absolute atomic E-state index is 0.0137. The second kappa shape index (κ2) is 7.75. The van der Waals surface area contributed by atoms with E-state index >= 15 is 0 Å². The van der Waals surface area contributed by atoms with Crippen LogP contribution in [0.2, 0.25) is 5.02 Å². The van der Waals surface area contributed by atoms with E-state index in [1.54, 1.807) is 0 Å². The molecule has 2 aromatic carbocycles. The van der Waals surface area contributed by atoms with Crippen molar-refractivity contribution < 1.29 is 42.4 Å². The highest BCUT2D eigenvalue weighted by atomic mass is 35.5. The van der Waals surface area contributed by atoms with Gasteiger partial charge in [0.2, 0.25) is 0 Å². The third-order valence-corrected chi connectivity index (χ3v) is 3.72. The van der Waals surface area contributed by atoms with Gasteiger partial charge in [0.25, 0.3) is 0 Å². The highest BCUT2D eigenvalue weighted by Crippen LogP contribution is 2.42. The van der Waals surface area contributed by atoms with Crippen LogP contribution < -0.4 is 9.47 Å². The molecule has 1 unspecified atom stereocenters. The topological polar surface area (TPSA) is 93.1 Å². The standard InChI is InChI=1S/C17H12ClF3O6/c1-8(15(22)23)26-10-4-2-3-5-11(10)27-12-7-6-9(17(19,20)21)13(14(12)18)16(24)25/h2-8H,1H3,(H,22,23)(H,24,25). The number of aliphatic carboxylic acids is 1. The van der Waals surface area contributed by atoms with Crippen molar-refractivity contribution >= 4 is 23.5 Å². The number of benzene rings is 2. The van der Waals surface area contributed by atoms with Crippen LogP contribution in [0.5, 0.6) is 17.2 Å². The van der Waals surface area contributed by atoms with E-state index in [4.69, 9.17) is 31.3 Å². The average molecular weight is 405 g/mol. The van der Waals surface area contributed by atoms with Crippen molar-refractivity contribution in [3.63, 3.8) is 0 Å². The monoisotopic (exact) mass is 404 g/mol. The van der Waals surface area contributed by atoms with Crippen molar-refractivity contribution in [3.8, 4) is 17.2 Å². The lowest BCUT2D eigenvalue weighted by Crippen LogP contribution is -2.23. The third kappa shape index (κ3) is 4.62. The molecule has 6 nitrogen and oxygen atoms in total. The van der Waals surface area contributed by atoms with E-state index in [-0.39, 0.29) is 17.2 Å². The lowest BCUT2D eigenvalue weighted by Gasteiger charge is -2.17. The predicted molar refractivity (Wildman–Crippen MR) is 87.7 cm³/mol. The molecule has 0 saturated carbocycles. The number of para-hydroxylation sites is 2. The maximum absolute atomic E-state index is 13.0. The van der Waals surface area contributed by atoms with Crippen molar-refractivity contribution in [1.29, 1.82) is 0 Å². The van der Waals surface area contributed by atoms with Crippen molar-refractivity contribution in [2.45, 2.75) is 19.2 Å². The number of hydrogen-bond acceptors (Lipinski definition) is 4. The Labute approximate surface area is 155 Å². The first kappa shape index (κ1) is 20.4. The summed E-state index contributed by atoms with van der Waals surface area (Å²) in [4.78, 5) is 22.2. The van der Waals surface area contributed by atoms with E-state index in [1.165, 1.54) is 31.2 Å². The van der Waals surface area contributed by atoms with Gasteiger partial charge in [-0.25, -0.2) is 9.59 Å². The van der Waals surface area contributed by atoms with Gasteiger partial charge in [0.05, 0.1) is 16.1 Å². The number of halogens is 4. The summed E-state index contributed by atoms with van der Waals surface area (Å²) in [6.07, 6.45) is -6.15. The van der Waals surface area contributed by atoms with Gasteiger partial charge in [-0.15, -0.1) is 0 Å². The number of carboxylic acids is 2. The van der Waals surface area contributed by atoms with Crippen molar-refractivity contribution in [3.05, 3.63) is 52.5 Å². The molecule has 2 rings (SSSR count).